The number of alkyl halides is 1. The van der Waals surface area contributed by atoms with E-state index in [1.807, 2.05) is 0 Å². The van der Waals surface area contributed by atoms with Gasteiger partial charge in [-0.2, -0.15) is 5.10 Å². The molecule has 1 heterocycles. The number of aryl methyl sites for hydroxylation is 1. The van der Waals surface area contributed by atoms with Crippen LogP contribution in [0.25, 0.3) is 0 Å². The lowest BCUT2D eigenvalue weighted by Crippen LogP contribution is -2.22. The molecule has 0 N–H and O–H groups in total. The standard InChI is InChI=1S/C7H10FN3O/c1-10-7(12)11(5-2-3-5)6(4-8)9-10/h5H,2-4H2,1H3. The van der Waals surface area contributed by atoms with Crippen molar-refractivity contribution >= 4 is 0 Å². The molecular formula is C7H10FN3O. The van der Waals surface area contributed by atoms with E-state index in [1.54, 1.807) is 7.05 Å². The highest BCUT2D eigenvalue weighted by atomic mass is 19.1. The molecule has 0 aliphatic heterocycles. The SMILES string of the molecule is Cn1nc(CF)n(C2CC2)c1=O. The van der Waals surface area contributed by atoms with Crippen molar-refractivity contribution in [1.29, 1.82) is 0 Å². The van der Waals surface area contributed by atoms with Gasteiger partial charge in [0, 0.05) is 13.1 Å². The van der Waals surface area contributed by atoms with Gasteiger partial charge in [0.25, 0.3) is 0 Å². The molecule has 1 aromatic heterocycles. The van der Waals surface area contributed by atoms with E-state index < -0.39 is 6.67 Å². The van der Waals surface area contributed by atoms with E-state index in [4.69, 9.17) is 0 Å². The van der Waals surface area contributed by atoms with Crippen LogP contribution in [0, 0.1) is 0 Å². The molecule has 66 valence electrons. The second-order valence-corrected chi connectivity index (χ2v) is 3.06. The van der Waals surface area contributed by atoms with Crippen molar-refractivity contribution in [3.8, 4) is 0 Å². The van der Waals surface area contributed by atoms with Gasteiger partial charge in [0.2, 0.25) is 0 Å². The van der Waals surface area contributed by atoms with Crippen LogP contribution in [0.3, 0.4) is 0 Å². The molecule has 1 saturated carbocycles. The van der Waals surface area contributed by atoms with E-state index in [0.29, 0.717) is 0 Å². The van der Waals surface area contributed by atoms with Crippen molar-refractivity contribution in [2.75, 3.05) is 0 Å². The Bertz CT molecular complexity index is 350. The van der Waals surface area contributed by atoms with Crippen LogP contribution < -0.4 is 5.69 Å². The lowest BCUT2D eigenvalue weighted by molar-refractivity contribution is 0.444. The Kier molecular flexibility index (Phi) is 1.52. The number of rotatable bonds is 2. The maximum atomic E-state index is 12.3. The first-order valence-electron chi connectivity index (χ1n) is 3.94. The summed E-state index contributed by atoms with van der Waals surface area (Å²) < 4.78 is 15.0. The molecule has 1 aliphatic rings. The molecule has 4 nitrogen and oxygen atoms in total. The summed E-state index contributed by atoms with van der Waals surface area (Å²) in [5.41, 5.74) is -0.204. The number of halogens is 1. The van der Waals surface area contributed by atoms with E-state index in [2.05, 4.69) is 5.10 Å². The lowest BCUT2D eigenvalue weighted by Gasteiger charge is -1.96. The molecule has 5 heteroatoms. The summed E-state index contributed by atoms with van der Waals surface area (Å²) in [6.45, 7) is -0.660. The molecule has 12 heavy (non-hydrogen) atoms. The monoisotopic (exact) mass is 171 g/mol. The van der Waals surface area contributed by atoms with Crippen molar-refractivity contribution in [2.45, 2.75) is 25.6 Å². The van der Waals surface area contributed by atoms with Gasteiger partial charge in [0.05, 0.1) is 0 Å². The molecule has 1 aliphatic carbocycles. The van der Waals surface area contributed by atoms with E-state index >= 15 is 0 Å². The van der Waals surface area contributed by atoms with Crippen molar-refractivity contribution in [3.05, 3.63) is 16.3 Å². The first-order valence-corrected chi connectivity index (χ1v) is 3.94. The molecule has 1 fully saturated rings. The largest absolute Gasteiger partial charge is 0.345 e. The molecule has 0 spiro atoms. The maximum Gasteiger partial charge on any atom is 0.345 e. The maximum absolute atomic E-state index is 12.3. The van der Waals surface area contributed by atoms with Gasteiger partial charge in [-0.15, -0.1) is 0 Å². The summed E-state index contributed by atoms with van der Waals surface area (Å²) in [4.78, 5) is 11.3. The van der Waals surface area contributed by atoms with Crippen molar-refractivity contribution in [3.63, 3.8) is 0 Å². The Morgan fingerprint density at radius 2 is 2.33 bits per heavy atom. The molecule has 1 aromatic rings. The Labute approximate surface area is 68.6 Å². The molecule has 0 amide bonds. The minimum absolute atomic E-state index is 0.204. The molecule has 0 radical (unpaired) electrons. The summed E-state index contributed by atoms with van der Waals surface area (Å²) in [5.74, 6) is 0.255. The van der Waals surface area contributed by atoms with Crippen molar-refractivity contribution in [1.82, 2.24) is 14.3 Å². The third-order valence-electron chi connectivity index (χ3n) is 2.06. The van der Waals surface area contributed by atoms with Gasteiger partial charge >= 0.3 is 5.69 Å². The first-order chi connectivity index (χ1) is 5.74. The second kappa shape index (κ2) is 2.43. The minimum Gasteiger partial charge on any atom is -0.274 e. The van der Waals surface area contributed by atoms with Crippen LogP contribution in [0.15, 0.2) is 4.79 Å². The predicted molar refractivity (Wildman–Crippen MR) is 40.6 cm³/mol. The molecule has 0 aromatic carbocycles. The third-order valence-corrected chi connectivity index (χ3v) is 2.06. The number of aromatic nitrogens is 3. The zero-order chi connectivity index (χ0) is 8.72. The summed E-state index contributed by atoms with van der Waals surface area (Å²) in [5, 5.41) is 3.78. The fraction of sp³-hybridized carbons (Fsp3) is 0.714. The molecule has 0 unspecified atom stereocenters. The minimum atomic E-state index is -0.660. The Hall–Kier alpha value is -1.13. The van der Waals surface area contributed by atoms with Crippen molar-refractivity contribution in [2.24, 2.45) is 7.05 Å². The third kappa shape index (κ3) is 0.964. The van der Waals surface area contributed by atoms with Gasteiger partial charge < -0.3 is 0 Å². The molecule has 0 bridgehead atoms. The topological polar surface area (TPSA) is 39.8 Å². The fourth-order valence-electron chi connectivity index (χ4n) is 1.32. The highest BCUT2D eigenvalue weighted by molar-refractivity contribution is 4.94. The Balaban J connectivity index is 2.53. The van der Waals surface area contributed by atoms with E-state index in [9.17, 15) is 9.18 Å². The molecule has 0 atom stereocenters. The summed E-state index contributed by atoms with van der Waals surface area (Å²) in [6, 6.07) is 0.206. The average molecular weight is 171 g/mol. The van der Waals surface area contributed by atoms with Crippen LogP contribution in [-0.2, 0) is 13.7 Å². The van der Waals surface area contributed by atoms with Gasteiger partial charge in [-0.25, -0.2) is 13.9 Å². The zero-order valence-electron chi connectivity index (χ0n) is 6.83. The summed E-state index contributed by atoms with van der Waals surface area (Å²) >= 11 is 0. The highest BCUT2D eigenvalue weighted by Gasteiger charge is 2.28. The molecule has 2 rings (SSSR count). The van der Waals surface area contributed by atoms with Gasteiger partial charge in [-0.1, -0.05) is 0 Å². The highest BCUT2D eigenvalue weighted by Crippen LogP contribution is 2.34. The van der Waals surface area contributed by atoms with E-state index in [1.165, 1.54) is 9.25 Å². The number of nitrogens with zero attached hydrogens (tertiary/aromatic N) is 3. The average Bonchev–Trinajstić information content (AvgIpc) is 2.82. The Morgan fingerprint density at radius 3 is 2.83 bits per heavy atom. The number of hydrogen-bond donors (Lipinski definition) is 0. The van der Waals surface area contributed by atoms with Crippen LogP contribution in [0.2, 0.25) is 0 Å². The second-order valence-electron chi connectivity index (χ2n) is 3.06. The lowest BCUT2D eigenvalue weighted by atomic mass is 10.6. The van der Waals surface area contributed by atoms with Gasteiger partial charge in [-0.05, 0) is 12.8 Å². The zero-order valence-corrected chi connectivity index (χ0v) is 6.83. The Morgan fingerprint density at radius 1 is 1.67 bits per heavy atom. The van der Waals surface area contributed by atoms with Crippen LogP contribution in [0.1, 0.15) is 24.7 Å². The smallest absolute Gasteiger partial charge is 0.274 e. The number of hydrogen-bond acceptors (Lipinski definition) is 2. The van der Waals surface area contributed by atoms with Gasteiger partial charge in [-0.3, -0.25) is 4.57 Å². The van der Waals surface area contributed by atoms with Crippen LogP contribution >= 0.6 is 0 Å². The van der Waals surface area contributed by atoms with Gasteiger partial charge in [0.1, 0.15) is 6.67 Å². The van der Waals surface area contributed by atoms with Crippen molar-refractivity contribution < 1.29 is 4.39 Å². The van der Waals surface area contributed by atoms with E-state index in [0.717, 1.165) is 12.8 Å². The fourth-order valence-corrected chi connectivity index (χ4v) is 1.32. The quantitative estimate of drug-likeness (QED) is 0.645. The van der Waals surface area contributed by atoms with Crippen LogP contribution in [0.4, 0.5) is 4.39 Å². The molecule has 0 saturated heterocycles. The normalized spacial score (nSPS) is 16.8. The van der Waals surface area contributed by atoms with Crippen LogP contribution in [-0.4, -0.2) is 14.3 Å². The summed E-state index contributed by atoms with van der Waals surface area (Å²) in [7, 11) is 1.54. The predicted octanol–water partition coefficient (Wildman–Crippen LogP) is 0.386. The van der Waals surface area contributed by atoms with Gasteiger partial charge in [0.15, 0.2) is 5.82 Å². The summed E-state index contributed by atoms with van der Waals surface area (Å²) in [6.07, 6.45) is 1.94. The van der Waals surface area contributed by atoms with E-state index in [-0.39, 0.29) is 17.6 Å². The first kappa shape index (κ1) is 7.52. The van der Waals surface area contributed by atoms with Crippen LogP contribution in [0.5, 0.6) is 0 Å². The molecular weight excluding hydrogens is 161 g/mol.